The number of rotatable bonds is 2. The van der Waals surface area contributed by atoms with Gasteiger partial charge in [0.2, 0.25) is 5.69 Å². The third kappa shape index (κ3) is 2.61. The van der Waals surface area contributed by atoms with E-state index in [9.17, 15) is 0 Å². The summed E-state index contributed by atoms with van der Waals surface area (Å²) >= 11 is 0. The fourth-order valence-electron chi connectivity index (χ4n) is 2.36. The molecule has 0 amide bonds. The highest BCUT2D eigenvalue weighted by atomic mass is 79.9. The van der Waals surface area contributed by atoms with Crippen LogP contribution in [0.1, 0.15) is 0 Å². The molecule has 3 rings (SSSR count). The van der Waals surface area contributed by atoms with E-state index in [1.54, 1.807) is 6.20 Å². The Morgan fingerprint density at radius 2 is 1.95 bits per heavy atom. The van der Waals surface area contributed by atoms with Crippen molar-refractivity contribution in [2.75, 3.05) is 26.0 Å². The quantitative estimate of drug-likeness (QED) is 0.541. The van der Waals surface area contributed by atoms with Crippen molar-refractivity contribution in [1.82, 2.24) is 14.4 Å². The van der Waals surface area contributed by atoms with Crippen molar-refractivity contribution >= 4 is 17.5 Å². The molecular formula is C14H17BrN6. The van der Waals surface area contributed by atoms with Crippen LogP contribution in [0.4, 0.5) is 11.5 Å². The molecule has 0 fully saturated rings. The number of hydrogen-bond donors (Lipinski definition) is 0. The largest absolute Gasteiger partial charge is 1.00 e. The Morgan fingerprint density at radius 1 is 1.24 bits per heavy atom. The normalized spacial score (nSPS) is 14.7. The van der Waals surface area contributed by atoms with Crippen LogP contribution < -0.4 is 37.2 Å². The number of aromatic nitrogens is 2. The highest BCUT2D eigenvalue weighted by Gasteiger charge is 2.21. The van der Waals surface area contributed by atoms with Crippen LogP contribution in [-0.4, -0.2) is 36.9 Å². The molecule has 0 unspecified atom stereocenters. The van der Waals surface area contributed by atoms with Crippen molar-refractivity contribution in [2.24, 2.45) is 17.0 Å². The molecule has 2 heterocycles. The highest BCUT2D eigenvalue weighted by Crippen LogP contribution is 2.26. The lowest BCUT2D eigenvalue weighted by atomic mass is 10.3. The molecule has 1 aromatic heterocycles. The van der Waals surface area contributed by atoms with E-state index in [1.807, 2.05) is 66.6 Å². The molecule has 7 heteroatoms. The average molecular weight is 349 g/mol. The van der Waals surface area contributed by atoms with Gasteiger partial charge in [0.1, 0.15) is 5.36 Å². The third-order valence-corrected chi connectivity index (χ3v) is 3.30. The summed E-state index contributed by atoms with van der Waals surface area (Å²) in [6, 6.07) is 8.01. The Balaban J connectivity index is 0.00000161. The van der Waals surface area contributed by atoms with Crippen molar-refractivity contribution in [3.63, 3.8) is 0 Å². The number of hydrogen-bond acceptors (Lipinski definition) is 3. The van der Waals surface area contributed by atoms with E-state index in [4.69, 9.17) is 0 Å². The summed E-state index contributed by atoms with van der Waals surface area (Å²) in [5.41, 5.74) is 0.816. The number of nitrogens with zero attached hydrogens (tertiary/aromatic N) is 6. The second kappa shape index (κ2) is 5.77. The number of halogens is 1. The van der Waals surface area contributed by atoms with Crippen LogP contribution in [0.15, 0.2) is 40.4 Å². The standard InChI is InChI=1S/C14H17N6.BrH/c1-18(2)13-11(9-15-20(13)4)17-14-16-10-7-5-6-8-12(10)19(14)3;/h5-9H,1-4H3;1H/q+1;/p-1. The first-order chi connectivity index (χ1) is 9.58. The highest BCUT2D eigenvalue weighted by molar-refractivity contribution is 5.87. The molecule has 0 spiro atoms. The molecule has 2 aromatic rings. The third-order valence-electron chi connectivity index (χ3n) is 3.30. The lowest BCUT2D eigenvalue weighted by Gasteiger charge is -2.11. The van der Waals surface area contributed by atoms with Crippen molar-refractivity contribution in [3.05, 3.63) is 41.2 Å². The van der Waals surface area contributed by atoms with E-state index in [-0.39, 0.29) is 17.0 Å². The zero-order chi connectivity index (χ0) is 14.3. The Bertz CT molecular complexity index is 818. The van der Waals surface area contributed by atoms with Crippen LogP contribution >= 0.6 is 0 Å². The molecule has 0 N–H and O–H groups in total. The molecule has 6 nitrogen and oxygen atoms in total. The lowest BCUT2D eigenvalue weighted by molar-refractivity contribution is -0.00000443. The minimum atomic E-state index is 0. The first-order valence-electron chi connectivity index (χ1n) is 6.40. The summed E-state index contributed by atoms with van der Waals surface area (Å²) in [5, 5.41) is 6.28. The van der Waals surface area contributed by atoms with Crippen LogP contribution in [0.5, 0.6) is 0 Å². The minimum absolute atomic E-state index is 0. The average Bonchev–Trinajstić information content (AvgIpc) is 2.93. The summed E-state index contributed by atoms with van der Waals surface area (Å²) in [4.78, 5) is 11.2. The number of benzene rings is 1. The van der Waals surface area contributed by atoms with Gasteiger partial charge in [-0.05, 0) is 12.1 Å². The Labute approximate surface area is 133 Å². The van der Waals surface area contributed by atoms with Gasteiger partial charge in [0.15, 0.2) is 11.2 Å². The Hall–Kier alpha value is -2.02. The smallest absolute Gasteiger partial charge is 0.434 e. The number of aryl methyl sites for hydroxylation is 1. The van der Waals surface area contributed by atoms with Gasteiger partial charge in [0.05, 0.1) is 13.2 Å². The van der Waals surface area contributed by atoms with Gasteiger partial charge in [0.25, 0.3) is 0 Å². The van der Waals surface area contributed by atoms with Gasteiger partial charge in [-0.15, -0.1) is 0 Å². The maximum absolute atomic E-state index is 4.65. The molecule has 0 saturated heterocycles. The van der Waals surface area contributed by atoms with Crippen molar-refractivity contribution in [2.45, 2.75) is 0 Å². The van der Waals surface area contributed by atoms with Gasteiger partial charge in [-0.1, -0.05) is 22.1 Å². The maximum atomic E-state index is 4.65. The Morgan fingerprint density at radius 3 is 2.62 bits per heavy atom. The van der Waals surface area contributed by atoms with E-state index in [1.165, 1.54) is 0 Å². The number of anilines is 1. The molecule has 0 radical (unpaired) electrons. The van der Waals surface area contributed by atoms with Crippen LogP contribution in [0.2, 0.25) is 0 Å². The molecule has 110 valence electrons. The monoisotopic (exact) mass is 348 g/mol. The molecule has 21 heavy (non-hydrogen) atoms. The molecule has 1 aliphatic rings. The van der Waals surface area contributed by atoms with E-state index in [2.05, 4.69) is 15.1 Å². The first kappa shape index (κ1) is 15.4. The predicted molar refractivity (Wildman–Crippen MR) is 79.0 cm³/mol. The summed E-state index contributed by atoms with van der Waals surface area (Å²) in [7, 11) is 7.83. The maximum Gasteiger partial charge on any atom is 0.434 e. The summed E-state index contributed by atoms with van der Waals surface area (Å²) in [6.45, 7) is 0. The summed E-state index contributed by atoms with van der Waals surface area (Å²) in [6.07, 6.45) is 1.76. The number of para-hydroxylation sites is 2. The summed E-state index contributed by atoms with van der Waals surface area (Å²) in [5.74, 6) is 1.64. The van der Waals surface area contributed by atoms with Crippen molar-refractivity contribution < 1.29 is 17.0 Å². The molecule has 0 saturated carbocycles. The zero-order valence-corrected chi connectivity index (χ0v) is 14.0. The fourth-order valence-corrected chi connectivity index (χ4v) is 2.36. The molecular weight excluding hydrogens is 332 g/mol. The minimum Gasteiger partial charge on any atom is -1.00 e. The second-order valence-corrected chi connectivity index (χ2v) is 4.94. The van der Waals surface area contributed by atoms with E-state index >= 15 is 0 Å². The fraction of sp³-hybridized carbons (Fsp3) is 0.286. The van der Waals surface area contributed by atoms with E-state index in [0.717, 1.165) is 22.2 Å². The van der Waals surface area contributed by atoms with Gasteiger partial charge in [-0.2, -0.15) is 5.10 Å². The number of aliphatic imine (C=N–C) groups is 1. The number of guanidine groups is 1. The van der Waals surface area contributed by atoms with Crippen LogP contribution in [0, 0.1) is 0 Å². The summed E-state index contributed by atoms with van der Waals surface area (Å²) < 4.78 is 3.79. The van der Waals surface area contributed by atoms with Gasteiger partial charge in [-0.25, -0.2) is 9.26 Å². The van der Waals surface area contributed by atoms with Crippen LogP contribution in [-0.2, 0) is 7.05 Å². The van der Waals surface area contributed by atoms with Gasteiger partial charge in [-0.3, -0.25) is 0 Å². The van der Waals surface area contributed by atoms with Crippen LogP contribution in [0.3, 0.4) is 0 Å². The topological polar surface area (TPSA) is 48.8 Å². The number of fused-ring (bicyclic) bond motifs is 1. The van der Waals surface area contributed by atoms with E-state index < -0.39 is 0 Å². The molecule has 0 aliphatic carbocycles. The first-order valence-corrected chi connectivity index (χ1v) is 6.40. The van der Waals surface area contributed by atoms with Gasteiger partial charge >= 0.3 is 5.96 Å². The molecule has 1 aromatic carbocycles. The second-order valence-electron chi connectivity index (χ2n) is 4.94. The van der Waals surface area contributed by atoms with Crippen LogP contribution in [0.25, 0.3) is 0 Å². The molecule has 0 bridgehead atoms. The predicted octanol–water partition coefficient (Wildman–Crippen LogP) is -3.07. The molecule has 1 aliphatic heterocycles. The van der Waals surface area contributed by atoms with Crippen molar-refractivity contribution in [3.8, 4) is 0 Å². The van der Waals surface area contributed by atoms with Gasteiger partial charge in [0, 0.05) is 21.1 Å². The molecule has 0 atom stereocenters. The van der Waals surface area contributed by atoms with Crippen molar-refractivity contribution in [1.29, 1.82) is 0 Å². The SMILES string of the molecule is CN(C)c1c(/N=C2\N=c3ccccc3=[N+]2C)cnn1C.[Br-]. The lowest BCUT2D eigenvalue weighted by Crippen LogP contribution is -3.00. The zero-order valence-electron chi connectivity index (χ0n) is 12.4. The Kier molecular flexibility index (Phi) is 4.22. The van der Waals surface area contributed by atoms with Gasteiger partial charge < -0.3 is 21.9 Å². The van der Waals surface area contributed by atoms with E-state index in [0.29, 0.717) is 5.96 Å².